The standard InChI is InChI=1S/C28H40N6O2/c1-4-9-26(27-30-31-32-34(27)23-10-6-5-7-11-23)33(18-24-12-8-13-36-24)17-22-16-21-14-19(2)20(3)15-25(21)29-28(22)35/h14-16,23-24,26H,4-13,17-18H2,1-3H3,(H,29,35)/t24-,26-/m1/s1. The predicted octanol–water partition coefficient (Wildman–Crippen LogP) is 5.16. The topological polar surface area (TPSA) is 88.9 Å². The Bertz CT molecular complexity index is 1220. The maximum absolute atomic E-state index is 13.2. The lowest BCUT2D eigenvalue weighted by molar-refractivity contribution is 0.0468. The third kappa shape index (κ3) is 5.39. The molecule has 1 aromatic carbocycles. The number of rotatable bonds is 9. The van der Waals surface area contributed by atoms with Crippen molar-refractivity contribution < 1.29 is 4.74 Å². The van der Waals surface area contributed by atoms with Crippen molar-refractivity contribution in [2.75, 3.05) is 13.2 Å². The molecule has 0 spiro atoms. The van der Waals surface area contributed by atoms with Gasteiger partial charge in [-0.15, -0.1) is 5.10 Å². The second kappa shape index (κ2) is 11.2. The Kier molecular flexibility index (Phi) is 7.82. The van der Waals surface area contributed by atoms with Gasteiger partial charge in [0.1, 0.15) is 0 Å². The molecule has 1 saturated carbocycles. The van der Waals surface area contributed by atoms with Crippen LogP contribution in [-0.4, -0.2) is 49.3 Å². The van der Waals surface area contributed by atoms with Crippen molar-refractivity contribution in [1.82, 2.24) is 30.1 Å². The zero-order valence-electron chi connectivity index (χ0n) is 22.0. The van der Waals surface area contributed by atoms with E-state index in [1.54, 1.807) is 0 Å². The van der Waals surface area contributed by atoms with E-state index < -0.39 is 0 Å². The van der Waals surface area contributed by atoms with E-state index in [2.05, 4.69) is 69.1 Å². The highest BCUT2D eigenvalue weighted by atomic mass is 16.5. The second-order valence-electron chi connectivity index (χ2n) is 10.8. The molecular weight excluding hydrogens is 452 g/mol. The van der Waals surface area contributed by atoms with Crippen molar-refractivity contribution in [3.8, 4) is 0 Å². The number of ether oxygens (including phenoxy) is 1. The highest BCUT2D eigenvalue weighted by Gasteiger charge is 2.32. The average Bonchev–Trinajstić information content (AvgIpc) is 3.57. The molecule has 0 amide bonds. The fourth-order valence-electron chi connectivity index (χ4n) is 5.96. The lowest BCUT2D eigenvalue weighted by Crippen LogP contribution is -2.38. The number of benzene rings is 1. The molecule has 1 N–H and O–H groups in total. The predicted molar refractivity (Wildman–Crippen MR) is 141 cm³/mol. The zero-order chi connectivity index (χ0) is 25.1. The number of nitrogens with zero attached hydrogens (tertiary/aromatic N) is 5. The first-order valence-electron chi connectivity index (χ1n) is 13.8. The summed E-state index contributed by atoms with van der Waals surface area (Å²) < 4.78 is 8.15. The normalized spacial score (nSPS) is 19.9. The summed E-state index contributed by atoms with van der Waals surface area (Å²) in [5.41, 5.74) is 4.06. The quantitative estimate of drug-likeness (QED) is 0.444. The van der Waals surface area contributed by atoms with Crippen LogP contribution in [0.2, 0.25) is 0 Å². The van der Waals surface area contributed by atoms with Gasteiger partial charge in [0.05, 0.1) is 18.2 Å². The van der Waals surface area contributed by atoms with Crippen molar-refractivity contribution in [2.24, 2.45) is 0 Å². The summed E-state index contributed by atoms with van der Waals surface area (Å²) in [6.07, 6.45) is 10.3. The average molecular weight is 493 g/mol. The fraction of sp³-hybridized carbons (Fsp3) is 0.643. The first kappa shape index (κ1) is 25.1. The Labute approximate surface area is 213 Å². The number of hydrogen-bond donors (Lipinski definition) is 1. The van der Waals surface area contributed by atoms with Crippen LogP contribution in [0.3, 0.4) is 0 Å². The summed E-state index contributed by atoms with van der Waals surface area (Å²) in [6.45, 7) is 8.53. The molecule has 3 aromatic rings. The van der Waals surface area contributed by atoms with Crippen LogP contribution >= 0.6 is 0 Å². The van der Waals surface area contributed by atoms with Crippen molar-refractivity contribution in [2.45, 2.75) is 103 Å². The smallest absolute Gasteiger partial charge is 0.252 e. The molecule has 8 nitrogen and oxygen atoms in total. The van der Waals surface area contributed by atoms with Crippen LogP contribution in [0.15, 0.2) is 23.0 Å². The van der Waals surface area contributed by atoms with E-state index in [1.165, 1.54) is 30.4 Å². The van der Waals surface area contributed by atoms with Crippen LogP contribution in [0.1, 0.15) is 99.3 Å². The molecule has 2 fully saturated rings. The maximum atomic E-state index is 13.2. The lowest BCUT2D eigenvalue weighted by Gasteiger charge is -2.33. The Hall–Kier alpha value is -2.58. The van der Waals surface area contributed by atoms with E-state index in [0.717, 1.165) is 74.0 Å². The lowest BCUT2D eigenvalue weighted by atomic mass is 9.95. The number of aryl methyl sites for hydroxylation is 2. The number of tetrazole rings is 1. The highest BCUT2D eigenvalue weighted by molar-refractivity contribution is 5.80. The molecule has 194 valence electrons. The molecule has 2 atom stereocenters. The Balaban J connectivity index is 1.51. The molecule has 1 aliphatic heterocycles. The van der Waals surface area contributed by atoms with Gasteiger partial charge in [-0.2, -0.15) is 0 Å². The molecule has 0 bridgehead atoms. The Morgan fingerprint density at radius 1 is 1.11 bits per heavy atom. The Morgan fingerprint density at radius 3 is 2.67 bits per heavy atom. The summed E-state index contributed by atoms with van der Waals surface area (Å²) in [4.78, 5) is 18.8. The number of nitrogens with one attached hydrogen (secondary N) is 1. The summed E-state index contributed by atoms with van der Waals surface area (Å²) >= 11 is 0. The minimum Gasteiger partial charge on any atom is -0.377 e. The molecule has 5 rings (SSSR count). The SMILES string of the molecule is CCC[C@H](c1nnnn1C1CCCCC1)N(Cc1cc2cc(C)c(C)cc2[nH]c1=O)C[C@H]1CCCO1. The zero-order valence-corrected chi connectivity index (χ0v) is 22.0. The van der Waals surface area contributed by atoms with Gasteiger partial charge in [-0.1, -0.05) is 32.6 Å². The third-order valence-electron chi connectivity index (χ3n) is 8.11. The monoisotopic (exact) mass is 492 g/mol. The minimum absolute atomic E-state index is 0.0229. The molecular formula is C28H40N6O2. The van der Waals surface area contributed by atoms with Crippen molar-refractivity contribution in [3.63, 3.8) is 0 Å². The second-order valence-corrected chi connectivity index (χ2v) is 10.8. The number of pyridine rings is 1. The molecule has 3 heterocycles. The van der Waals surface area contributed by atoms with Crippen molar-refractivity contribution in [1.29, 1.82) is 0 Å². The first-order valence-corrected chi connectivity index (χ1v) is 13.8. The first-order chi connectivity index (χ1) is 17.5. The molecule has 2 aliphatic rings. The summed E-state index contributed by atoms with van der Waals surface area (Å²) in [5.74, 6) is 0.936. The van der Waals surface area contributed by atoms with E-state index in [1.807, 2.05) is 0 Å². The van der Waals surface area contributed by atoms with Gasteiger partial charge in [0.2, 0.25) is 0 Å². The van der Waals surface area contributed by atoms with E-state index in [0.29, 0.717) is 12.6 Å². The Morgan fingerprint density at radius 2 is 1.92 bits per heavy atom. The largest absolute Gasteiger partial charge is 0.377 e. The summed E-state index contributed by atoms with van der Waals surface area (Å²) in [6, 6.07) is 6.70. The van der Waals surface area contributed by atoms with Crippen LogP contribution in [-0.2, 0) is 11.3 Å². The molecule has 8 heteroatoms. The van der Waals surface area contributed by atoms with Gasteiger partial charge in [0.15, 0.2) is 5.82 Å². The summed E-state index contributed by atoms with van der Waals surface area (Å²) in [7, 11) is 0. The van der Waals surface area contributed by atoms with Crippen LogP contribution in [0.5, 0.6) is 0 Å². The van der Waals surface area contributed by atoms with Gasteiger partial charge in [-0.25, -0.2) is 4.68 Å². The molecule has 36 heavy (non-hydrogen) atoms. The van der Waals surface area contributed by atoms with Crippen molar-refractivity contribution >= 4 is 10.9 Å². The van der Waals surface area contributed by atoms with E-state index >= 15 is 0 Å². The van der Waals surface area contributed by atoms with Crippen LogP contribution in [0.25, 0.3) is 10.9 Å². The fourth-order valence-corrected chi connectivity index (χ4v) is 5.96. The van der Waals surface area contributed by atoms with E-state index in [4.69, 9.17) is 4.74 Å². The maximum Gasteiger partial charge on any atom is 0.252 e. The number of fused-ring (bicyclic) bond motifs is 1. The van der Waals surface area contributed by atoms with Crippen LogP contribution in [0.4, 0.5) is 0 Å². The van der Waals surface area contributed by atoms with E-state index in [-0.39, 0.29) is 17.7 Å². The number of aromatic amines is 1. The van der Waals surface area contributed by atoms with E-state index in [9.17, 15) is 4.79 Å². The number of hydrogen-bond acceptors (Lipinski definition) is 6. The molecule has 1 saturated heterocycles. The minimum atomic E-state index is -0.0229. The molecule has 0 radical (unpaired) electrons. The van der Waals surface area contributed by atoms with Crippen LogP contribution < -0.4 is 5.56 Å². The van der Waals surface area contributed by atoms with Gasteiger partial charge in [-0.05, 0) is 91.1 Å². The van der Waals surface area contributed by atoms with Gasteiger partial charge in [0.25, 0.3) is 5.56 Å². The van der Waals surface area contributed by atoms with Gasteiger partial charge in [-0.3, -0.25) is 9.69 Å². The van der Waals surface area contributed by atoms with Gasteiger partial charge in [0, 0.05) is 30.8 Å². The van der Waals surface area contributed by atoms with Crippen LogP contribution in [0, 0.1) is 13.8 Å². The molecule has 1 aliphatic carbocycles. The number of H-pyrrole nitrogens is 1. The summed E-state index contributed by atoms with van der Waals surface area (Å²) in [5, 5.41) is 14.3. The van der Waals surface area contributed by atoms with Crippen molar-refractivity contribution in [3.05, 3.63) is 51.1 Å². The third-order valence-corrected chi connectivity index (χ3v) is 8.11. The molecule has 0 unspecified atom stereocenters. The number of aromatic nitrogens is 5. The molecule has 2 aromatic heterocycles. The van der Waals surface area contributed by atoms with Gasteiger partial charge >= 0.3 is 0 Å². The highest BCUT2D eigenvalue weighted by Crippen LogP contribution is 2.33. The van der Waals surface area contributed by atoms with Gasteiger partial charge < -0.3 is 9.72 Å².